The summed E-state index contributed by atoms with van der Waals surface area (Å²) >= 11 is 0. The second-order valence-electron chi connectivity index (χ2n) is 8.29. The van der Waals surface area contributed by atoms with Gasteiger partial charge in [0.15, 0.2) is 0 Å². The van der Waals surface area contributed by atoms with E-state index in [1.807, 2.05) is 43.3 Å². The lowest BCUT2D eigenvalue weighted by Crippen LogP contribution is -2.46. The number of rotatable bonds is 8. The van der Waals surface area contributed by atoms with Gasteiger partial charge in [0.05, 0.1) is 0 Å². The predicted molar refractivity (Wildman–Crippen MR) is 130 cm³/mol. The Morgan fingerprint density at radius 2 is 1.75 bits per heavy atom. The van der Waals surface area contributed by atoms with Crippen molar-refractivity contribution in [2.24, 2.45) is 0 Å². The van der Waals surface area contributed by atoms with E-state index in [0.717, 1.165) is 49.5 Å². The monoisotopic (exact) mass is 437 g/mol. The molecule has 1 saturated heterocycles. The second-order valence-corrected chi connectivity index (χ2v) is 8.29. The third-order valence-corrected chi connectivity index (χ3v) is 5.91. The molecule has 1 fully saturated rings. The zero-order valence-electron chi connectivity index (χ0n) is 19.4. The Labute approximate surface area is 191 Å². The number of benzene rings is 2. The van der Waals surface area contributed by atoms with E-state index in [1.165, 1.54) is 5.69 Å². The van der Waals surface area contributed by atoms with Gasteiger partial charge in [-0.15, -0.1) is 0 Å². The Hall–Kier alpha value is -3.06. The predicted octanol–water partition coefficient (Wildman–Crippen LogP) is 3.31. The summed E-state index contributed by atoms with van der Waals surface area (Å²) in [4.78, 5) is 31.1. The Morgan fingerprint density at radius 3 is 2.41 bits per heavy atom. The zero-order valence-corrected chi connectivity index (χ0v) is 19.4. The molecule has 3 amide bonds. The van der Waals surface area contributed by atoms with Crippen LogP contribution < -0.4 is 15.5 Å². The van der Waals surface area contributed by atoms with Crippen molar-refractivity contribution < 1.29 is 9.59 Å². The topological polar surface area (TPSA) is 67.9 Å². The quantitative estimate of drug-likeness (QED) is 0.665. The molecule has 0 aromatic heterocycles. The number of nitrogens with zero attached hydrogens (tertiary/aromatic N) is 3. The number of piperazine rings is 1. The van der Waals surface area contributed by atoms with E-state index >= 15 is 0 Å². The number of carbonyl (C=O) groups is 2. The van der Waals surface area contributed by atoms with Crippen molar-refractivity contribution in [2.75, 3.05) is 56.5 Å². The highest BCUT2D eigenvalue weighted by atomic mass is 16.2. The van der Waals surface area contributed by atoms with Crippen LogP contribution in [-0.4, -0.2) is 68.1 Å². The molecule has 0 unspecified atom stereocenters. The smallest absolute Gasteiger partial charge is 0.317 e. The molecule has 172 valence electrons. The van der Waals surface area contributed by atoms with E-state index in [4.69, 9.17) is 0 Å². The van der Waals surface area contributed by atoms with Crippen LogP contribution >= 0.6 is 0 Å². The van der Waals surface area contributed by atoms with Crippen LogP contribution in [0.2, 0.25) is 0 Å². The molecule has 3 rings (SSSR count). The lowest BCUT2D eigenvalue weighted by molar-refractivity contribution is -0.116. The summed E-state index contributed by atoms with van der Waals surface area (Å²) in [6.45, 7) is 10.4. The van der Waals surface area contributed by atoms with Crippen LogP contribution in [0.15, 0.2) is 48.5 Å². The van der Waals surface area contributed by atoms with Crippen molar-refractivity contribution >= 4 is 23.3 Å². The van der Waals surface area contributed by atoms with Gasteiger partial charge in [-0.25, -0.2) is 4.79 Å². The first-order chi connectivity index (χ1) is 15.5. The minimum Gasteiger partial charge on any atom is -0.369 e. The van der Waals surface area contributed by atoms with Crippen molar-refractivity contribution in [1.29, 1.82) is 0 Å². The maximum atomic E-state index is 12.4. The van der Waals surface area contributed by atoms with Crippen LogP contribution in [0, 0.1) is 6.92 Å². The van der Waals surface area contributed by atoms with E-state index in [9.17, 15) is 9.59 Å². The largest absolute Gasteiger partial charge is 0.369 e. The maximum Gasteiger partial charge on any atom is 0.317 e. The molecule has 7 heteroatoms. The zero-order chi connectivity index (χ0) is 22.9. The summed E-state index contributed by atoms with van der Waals surface area (Å²) in [5.74, 6) is -0.108. The van der Waals surface area contributed by atoms with Gasteiger partial charge in [-0.2, -0.15) is 0 Å². The molecule has 0 bridgehead atoms. The molecule has 0 saturated carbocycles. The van der Waals surface area contributed by atoms with E-state index in [2.05, 4.69) is 39.5 Å². The third-order valence-electron chi connectivity index (χ3n) is 5.91. The number of aryl methyl sites for hydroxylation is 1. The van der Waals surface area contributed by atoms with Crippen LogP contribution in [0.5, 0.6) is 0 Å². The van der Waals surface area contributed by atoms with Crippen LogP contribution in [0.3, 0.4) is 0 Å². The first-order valence-electron chi connectivity index (χ1n) is 11.4. The number of hydrogen-bond acceptors (Lipinski definition) is 4. The number of anilines is 2. The summed E-state index contributed by atoms with van der Waals surface area (Å²) < 4.78 is 0. The Bertz CT molecular complexity index is 894. The Morgan fingerprint density at radius 1 is 1.03 bits per heavy atom. The van der Waals surface area contributed by atoms with Gasteiger partial charge in [-0.3, -0.25) is 4.79 Å². The molecule has 2 N–H and O–H groups in total. The number of urea groups is 1. The molecule has 0 spiro atoms. The number of hydrogen-bond donors (Lipinski definition) is 2. The molecular formula is C25H35N5O2. The Kier molecular flexibility index (Phi) is 8.50. The number of carbonyl (C=O) groups excluding carboxylic acids is 2. The number of likely N-dealkylation sites (N-methyl/N-ethyl adjacent to an activating group) is 1. The van der Waals surface area contributed by atoms with Crippen LogP contribution in [0.4, 0.5) is 16.2 Å². The molecule has 0 atom stereocenters. The third kappa shape index (κ3) is 6.72. The highest BCUT2D eigenvalue weighted by Crippen LogP contribution is 2.24. The molecule has 2 aromatic carbocycles. The first kappa shape index (κ1) is 23.6. The van der Waals surface area contributed by atoms with E-state index in [-0.39, 0.29) is 18.4 Å². The molecular weight excluding hydrogens is 402 g/mol. The number of amides is 3. The van der Waals surface area contributed by atoms with Crippen molar-refractivity contribution in [3.8, 4) is 0 Å². The fourth-order valence-corrected chi connectivity index (χ4v) is 3.87. The van der Waals surface area contributed by atoms with Crippen LogP contribution in [-0.2, 0) is 11.3 Å². The van der Waals surface area contributed by atoms with Gasteiger partial charge in [-0.1, -0.05) is 37.3 Å². The molecule has 1 aliphatic heterocycles. The van der Waals surface area contributed by atoms with Gasteiger partial charge >= 0.3 is 6.03 Å². The molecule has 2 aromatic rings. The van der Waals surface area contributed by atoms with Gasteiger partial charge in [0.1, 0.15) is 0 Å². The van der Waals surface area contributed by atoms with Gasteiger partial charge in [-0.05, 0) is 42.8 Å². The second kappa shape index (κ2) is 11.5. The standard InChI is InChI=1S/C25H35N5O2/c1-4-29-14-16-30(17-15-29)22-10-11-23(20(2)18-22)27-24(31)12-13-26-25(32)28(3)19-21-8-6-5-7-9-21/h5-11,18H,4,12-17,19H2,1-3H3,(H,26,32)(H,27,31). The minimum absolute atomic E-state index is 0.108. The average Bonchev–Trinajstić information content (AvgIpc) is 2.81. The minimum atomic E-state index is -0.189. The molecule has 32 heavy (non-hydrogen) atoms. The fraction of sp³-hybridized carbons (Fsp3) is 0.440. The normalized spacial score (nSPS) is 14.2. The highest BCUT2D eigenvalue weighted by Gasteiger charge is 2.17. The van der Waals surface area contributed by atoms with Crippen molar-refractivity contribution in [1.82, 2.24) is 15.1 Å². The molecule has 1 aliphatic rings. The molecule has 0 aliphatic carbocycles. The van der Waals surface area contributed by atoms with Gasteiger partial charge < -0.3 is 25.3 Å². The first-order valence-corrected chi connectivity index (χ1v) is 11.4. The molecule has 7 nitrogen and oxygen atoms in total. The average molecular weight is 438 g/mol. The fourth-order valence-electron chi connectivity index (χ4n) is 3.87. The van der Waals surface area contributed by atoms with E-state index in [0.29, 0.717) is 13.1 Å². The maximum absolute atomic E-state index is 12.4. The summed E-state index contributed by atoms with van der Waals surface area (Å²) in [6, 6.07) is 15.8. The summed E-state index contributed by atoms with van der Waals surface area (Å²) in [5.41, 5.74) is 4.12. The Balaban J connectivity index is 1.42. The van der Waals surface area contributed by atoms with Crippen molar-refractivity contribution in [3.63, 3.8) is 0 Å². The molecule has 0 radical (unpaired) electrons. The van der Waals surface area contributed by atoms with Crippen LogP contribution in [0.25, 0.3) is 0 Å². The van der Waals surface area contributed by atoms with Crippen molar-refractivity contribution in [3.05, 3.63) is 59.7 Å². The van der Waals surface area contributed by atoms with Crippen molar-refractivity contribution in [2.45, 2.75) is 26.8 Å². The van der Waals surface area contributed by atoms with E-state index < -0.39 is 0 Å². The lowest BCUT2D eigenvalue weighted by Gasteiger charge is -2.35. The van der Waals surface area contributed by atoms with E-state index in [1.54, 1.807) is 11.9 Å². The highest BCUT2D eigenvalue weighted by molar-refractivity contribution is 5.92. The molecule has 1 heterocycles. The summed E-state index contributed by atoms with van der Waals surface area (Å²) in [5, 5.41) is 5.78. The van der Waals surface area contributed by atoms with Crippen LogP contribution in [0.1, 0.15) is 24.5 Å². The van der Waals surface area contributed by atoms with Gasteiger partial charge in [0.2, 0.25) is 5.91 Å². The van der Waals surface area contributed by atoms with Gasteiger partial charge in [0.25, 0.3) is 0 Å². The summed E-state index contributed by atoms with van der Waals surface area (Å²) in [7, 11) is 1.75. The summed E-state index contributed by atoms with van der Waals surface area (Å²) in [6.07, 6.45) is 0.227. The van der Waals surface area contributed by atoms with Gasteiger partial charge in [0, 0.05) is 64.1 Å². The lowest BCUT2D eigenvalue weighted by atomic mass is 10.1. The SMILES string of the molecule is CCN1CCN(c2ccc(NC(=O)CCNC(=O)N(C)Cc3ccccc3)c(C)c2)CC1. The number of nitrogens with one attached hydrogen (secondary N) is 2.